The van der Waals surface area contributed by atoms with Crippen LogP contribution in [0.5, 0.6) is 0 Å². The maximum Gasteiger partial charge on any atom is 0.345 e. The van der Waals surface area contributed by atoms with Crippen LogP contribution in [-0.2, 0) is 0 Å². The van der Waals surface area contributed by atoms with Crippen molar-refractivity contribution in [2.45, 2.75) is 0 Å². The zero-order valence-electron chi connectivity index (χ0n) is 8.06. The Hall–Kier alpha value is -1.59. The highest BCUT2D eigenvalue weighted by atomic mass is 32.1. The number of nitrogens with one attached hydrogen (secondary N) is 1. The van der Waals surface area contributed by atoms with Crippen LogP contribution in [0.25, 0.3) is 20.8 Å². The molecule has 5 heteroatoms. The van der Waals surface area contributed by atoms with E-state index in [1.807, 2.05) is 23.6 Å². The lowest BCUT2D eigenvalue weighted by molar-refractivity contribution is 0.0702. The van der Waals surface area contributed by atoms with Gasteiger partial charge >= 0.3 is 5.97 Å². The molecule has 0 aliphatic carbocycles. The summed E-state index contributed by atoms with van der Waals surface area (Å²) in [5, 5.41) is 11.8. The minimum Gasteiger partial charge on any atom is -0.477 e. The Morgan fingerprint density at radius 2 is 2.25 bits per heavy atom. The average Bonchev–Trinajstić information content (AvgIpc) is 2.91. The summed E-state index contributed by atoms with van der Waals surface area (Å²) in [5.74, 6) is -0.868. The molecule has 0 bridgehead atoms. The second-order valence-electron chi connectivity index (χ2n) is 3.36. The summed E-state index contributed by atoms with van der Waals surface area (Å²) >= 11 is 2.94. The summed E-state index contributed by atoms with van der Waals surface area (Å²) in [4.78, 5) is 16.5. The zero-order chi connectivity index (χ0) is 11.1. The van der Waals surface area contributed by atoms with Gasteiger partial charge in [0, 0.05) is 5.39 Å². The normalized spacial score (nSPS) is 11.0. The van der Waals surface area contributed by atoms with Gasteiger partial charge in [-0.2, -0.15) is 0 Å². The van der Waals surface area contributed by atoms with Gasteiger partial charge < -0.3 is 10.1 Å². The monoisotopic (exact) mass is 249 g/mol. The first kappa shape index (κ1) is 9.62. The highest BCUT2D eigenvalue weighted by Crippen LogP contribution is 2.32. The van der Waals surface area contributed by atoms with E-state index in [4.69, 9.17) is 5.11 Å². The molecule has 0 amide bonds. The lowest BCUT2D eigenvalue weighted by Gasteiger charge is -1.89. The van der Waals surface area contributed by atoms with Crippen LogP contribution in [0.2, 0.25) is 0 Å². The van der Waals surface area contributed by atoms with E-state index in [1.54, 1.807) is 17.4 Å². The third-order valence-electron chi connectivity index (χ3n) is 2.31. The van der Waals surface area contributed by atoms with Crippen molar-refractivity contribution in [1.82, 2.24) is 4.98 Å². The molecule has 0 aliphatic rings. The topological polar surface area (TPSA) is 53.1 Å². The van der Waals surface area contributed by atoms with Crippen LogP contribution in [0.1, 0.15) is 9.67 Å². The zero-order valence-corrected chi connectivity index (χ0v) is 9.69. The van der Waals surface area contributed by atoms with Gasteiger partial charge in [-0.05, 0) is 23.6 Å². The fourth-order valence-electron chi connectivity index (χ4n) is 1.59. The van der Waals surface area contributed by atoms with E-state index in [1.165, 1.54) is 16.2 Å². The molecule has 0 saturated carbocycles. The van der Waals surface area contributed by atoms with Crippen LogP contribution in [-0.4, -0.2) is 16.1 Å². The number of rotatable bonds is 2. The molecule has 0 atom stereocenters. The number of aromatic amines is 1. The first-order valence-electron chi connectivity index (χ1n) is 4.64. The fourth-order valence-corrected chi connectivity index (χ4v) is 3.18. The van der Waals surface area contributed by atoms with Gasteiger partial charge in [-0.15, -0.1) is 22.7 Å². The highest BCUT2D eigenvalue weighted by Gasteiger charge is 2.11. The Morgan fingerprint density at radius 3 is 2.88 bits per heavy atom. The minimum atomic E-state index is -0.868. The van der Waals surface area contributed by atoms with Crippen molar-refractivity contribution in [2.24, 2.45) is 0 Å². The molecule has 0 aromatic carbocycles. The summed E-state index contributed by atoms with van der Waals surface area (Å²) in [6, 6.07) is 7.73. The van der Waals surface area contributed by atoms with Crippen molar-refractivity contribution < 1.29 is 9.90 Å². The number of thiophene rings is 2. The number of carboxylic acid groups (broad SMARTS) is 1. The number of hydrogen-bond acceptors (Lipinski definition) is 3. The van der Waals surface area contributed by atoms with E-state index >= 15 is 0 Å². The lowest BCUT2D eigenvalue weighted by Crippen LogP contribution is -1.89. The average molecular weight is 249 g/mol. The quantitative estimate of drug-likeness (QED) is 0.728. The molecule has 2 N–H and O–H groups in total. The van der Waals surface area contributed by atoms with Gasteiger partial charge in [0.2, 0.25) is 0 Å². The Bertz CT molecular complexity index is 617. The number of aromatic nitrogens is 1. The van der Waals surface area contributed by atoms with E-state index in [0.717, 1.165) is 15.9 Å². The first-order chi connectivity index (χ1) is 7.74. The smallest absolute Gasteiger partial charge is 0.345 e. The molecule has 3 aromatic rings. The number of fused-ring (bicyclic) bond motifs is 1. The molecule has 80 valence electrons. The van der Waals surface area contributed by atoms with E-state index in [9.17, 15) is 4.79 Å². The van der Waals surface area contributed by atoms with Gasteiger partial charge in [0.05, 0.1) is 10.6 Å². The molecule has 3 aromatic heterocycles. The third-order valence-corrected chi connectivity index (χ3v) is 4.26. The molecule has 16 heavy (non-hydrogen) atoms. The molecule has 3 rings (SSSR count). The van der Waals surface area contributed by atoms with Crippen LogP contribution in [0.3, 0.4) is 0 Å². The van der Waals surface area contributed by atoms with Crippen molar-refractivity contribution in [3.05, 3.63) is 34.5 Å². The van der Waals surface area contributed by atoms with Gasteiger partial charge in [-0.25, -0.2) is 4.79 Å². The first-order valence-corrected chi connectivity index (χ1v) is 6.33. The molecule has 0 fully saturated rings. The summed E-state index contributed by atoms with van der Waals surface area (Å²) in [5.41, 5.74) is 1.05. The van der Waals surface area contributed by atoms with Gasteiger partial charge in [-0.1, -0.05) is 6.07 Å². The standard InChI is InChI=1S/C11H7NO2S2/c13-11(14)9-5-6-4-7(12-10(6)16-9)8-2-1-3-15-8/h1-5,12H,(H,13,14). The molecule has 3 nitrogen and oxygen atoms in total. The van der Waals surface area contributed by atoms with E-state index < -0.39 is 5.97 Å². The molecule has 3 heterocycles. The second kappa shape index (κ2) is 3.47. The fraction of sp³-hybridized carbons (Fsp3) is 0. The Balaban J connectivity index is 2.12. The predicted octanol–water partition coefficient (Wildman–Crippen LogP) is 3.66. The largest absolute Gasteiger partial charge is 0.477 e. The van der Waals surface area contributed by atoms with Crippen LogP contribution in [0, 0.1) is 0 Å². The molecule has 0 radical (unpaired) electrons. The molecule has 0 spiro atoms. The van der Waals surface area contributed by atoms with Crippen molar-refractivity contribution in [3.63, 3.8) is 0 Å². The van der Waals surface area contributed by atoms with Crippen molar-refractivity contribution in [2.75, 3.05) is 0 Å². The molecular weight excluding hydrogens is 242 g/mol. The maximum atomic E-state index is 10.8. The van der Waals surface area contributed by atoms with Crippen molar-refractivity contribution in [3.8, 4) is 10.6 Å². The maximum absolute atomic E-state index is 10.8. The van der Waals surface area contributed by atoms with Crippen LogP contribution in [0.4, 0.5) is 0 Å². The lowest BCUT2D eigenvalue weighted by atomic mass is 10.3. The molecule has 0 unspecified atom stereocenters. The van der Waals surface area contributed by atoms with Crippen molar-refractivity contribution >= 4 is 38.9 Å². The van der Waals surface area contributed by atoms with E-state index in [0.29, 0.717) is 4.88 Å². The Kier molecular flexibility index (Phi) is 2.08. The Labute approximate surface area is 99.0 Å². The van der Waals surface area contributed by atoms with Crippen LogP contribution in [0.15, 0.2) is 29.6 Å². The molecular formula is C11H7NO2S2. The van der Waals surface area contributed by atoms with Gasteiger partial charge in [0.15, 0.2) is 0 Å². The summed E-state index contributed by atoms with van der Waals surface area (Å²) in [6.45, 7) is 0. The van der Waals surface area contributed by atoms with E-state index in [2.05, 4.69) is 4.98 Å². The summed E-state index contributed by atoms with van der Waals surface area (Å²) in [7, 11) is 0. The predicted molar refractivity (Wildman–Crippen MR) is 66.4 cm³/mol. The third kappa shape index (κ3) is 1.45. The number of aromatic carboxylic acids is 1. The van der Waals surface area contributed by atoms with Gasteiger partial charge in [0.1, 0.15) is 9.71 Å². The Morgan fingerprint density at radius 1 is 1.38 bits per heavy atom. The molecule has 0 aliphatic heterocycles. The SMILES string of the molecule is O=C(O)c1cc2cc(-c3cccs3)[nH]c2s1. The van der Waals surface area contributed by atoms with Crippen LogP contribution >= 0.6 is 22.7 Å². The summed E-state index contributed by atoms with van der Waals surface area (Å²) < 4.78 is 0. The van der Waals surface area contributed by atoms with Crippen LogP contribution < -0.4 is 0 Å². The van der Waals surface area contributed by atoms with Crippen molar-refractivity contribution in [1.29, 1.82) is 0 Å². The van der Waals surface area contributed by atoms with Gasteiger partial charge in [0.25, 0.3) is 0 Å². The highest BCUT2D eigenvalue weighted by molar-refractivity contribution is 7.20. The minimum absolute atomic E-state index is 0.374. The molecule has 0 saturated heterocycles. The van der Waals surface area contributed by atoms with E-state index in [-0.39, 0.29) is 0 Å². The second-order valence-corrected chi connectivity index (χ2v) is 5.36. The summed E-state index contributed by atoms with van der Waals surface area (Å²) in [6.07, 6.45) is 0. The number of hydrogen-bond donors (Lipinski definition) is 2. The van der Waals surface area contributed by atoms with Gasteiger partial charge in [-0.3, -0.25) is 0 Å². The number of carboxylic acids is 1. The number of H-pyrrole nitrogens is 1. The number of carbonyl (C=O) groups is 1.